The van der Waals surface area contributed by atoms with E-state index in [0.29, 0.717) is 22.9 Å². The van der Waals surface area contributed by atoms with Crippen molar-refractivity contribution in [2.24, 2.45) is 5.92 Å². The first-order chi connectivity index (χ1) is 9.86. The first-order valence-electron chi connectivity index (χ1n) is 7.08. The SMILES string of the molecule is CS(=O)(=O)c1ccc(C(=O)NCC2CCCC(Br)C2)cc1. The van der Waals surface area contributed by atoms with Gasteiger partial charge in [-0.3, -0.25) is 4.79 Å². The van der Waals surface area contributed by atoms with Crippen LogP contribution in [0.15, 0.2) is 29.2 Å². The molecular weight excluding hydrogens is 354 g/mol. The largest absolute Gasteiger partial charge is 0.352 e. The Morgan fingerprint density at radius 3 is 2.52 bits per heavy atom. The Balaban J connectivity index is 1.91. The molecule has 6 heteroatoms. The lowest BCUT2D eigenvalue weighted by Crippen LogP contribution is -2.31. The molecule has 2 atom stereocenters. The zero-order valence-corrected chi connectivity index (χ0v) is 14.4. The van der Waals surface area contributed by atoms with Gasteiger partial charge in [0.2, 0.25) is 0 Å². The van der Waals surface area contributed by atoms with Crippen LogP contribution in [0.3, 0.4) is 0 Å². The summed E-state index contributed by atoms with van der Waals surface area (Å²) < 4.78 is 22.7. The van der Waals surface area contributed by atoms with E-state index in [1.54, 1.807) is 12.1 Å². The summed E-state index contributed by atoms with van der Waals surface area (Å²) in [6.45, 7) is 0.675. The number of carbonyl (C=O) groups excluding carboxylic acids is 1. The van der Waals surface area contributed by atoms with Crippen LogP contribution in [0.2, 0.25) is 0 Å². The van der Waals surface area contributed by atoms with Crippen LogP contribution in [-0.2, 0) is 9.84 Å². The summed E-state index contributed by atoms with van der Waals surface area (Å²) in [6, 6.07) is 6.05. The van der Waals surface area contributed by atoms with Crippen molar-refractivity contribution in [2.75, 3.05) is 12.8 Å². The van der Waals surface area contributed by atoms with Gasteiger partial charge in [-0.25, -0.2) is 8.42 Å². The molecule has 0 heterocycles. The van der Waals surface area contributed by atoms with E-state index in [1.807, 2.05) is 0 Å². The molecule has 116 valence electrons. The quantitative estimate of drug-likeness (QED) is 0.825. The van der Waals surface area contributed by atoms with Crippen LogP contribution < -0.4 is 5.32 Å². The van der Waals surface area contributed by atoms with E-state index in [-0.39, 0.29) is 10.8 Å². The number of nitrogens with one attached hydrogen (secondary N) is 1. The maximum Gasteiger partial charge on any atom is 0.251 e. The normalized spacial score (nSPS) is 22.8. The van der Waals surface area contributed by atoms with Crippen molar-refractivity contribution in [1.29, 1.82) is 0 Å². The molecule has 1 fully saturated rings. The summed E-state index contributed by atoms with van der Waals surface area (Å²) >= 11 is 3.64. The smallest absolute Gasteiger partial charge is 0.251 e. The lowest BCUT2D eigenvalue weighted by atomic mass is 9.89. The van der Waals surface area contributed by atoms with E-state index in [1.165, 1.54) is 25.0 Å². The number of alkyl halides is 1. The lowest BCUT2D eigenvalue weighted by Gasteiger charge is -2.25. The molecule has 1 amide bonds. The van der Waals surface area contributed by atoms with Crippen LogP contribution in [-0.4, -0.2) is 32.0 Å². The number of hydrogen-bond donors (Lipinski definition) is 1. The number of halogens is 1. The second-order valence-electron chi connectivity index (χ2n) is 5.64. The zero-order chi connectivity index (χ0) is 15.5. The molecule has 0 aliphatic heterocycles. The number of benzene rings is 1. The molecule has 2 unspecified atom stereocenters. The van der Waals surface area contributed by atoms with Gasteiger partial charge in [-0.15, -0.1) is 0 Å². The molecule has 1 aliphatic rings. The van der Waals surface area contributed by atoms with Gasteiger partial charge in [-0.2, -0.15) is 0 Å². The molecule has 1 aromatic carbocycles. The van der Waals surface area contributed by atoms with Crippen molar-refractivity contribution in [3.8, 4) is 0 Å². The van der Waals surface area contributed by atoms with Crippen molar-refractivity contribution in [3.63, 3.8) is 0 Å². The molecule has 1 aliphatic carbocycles. The van der Waals surface area contributed by atoms with Crippen molar-refractivity contribution >= 4 is 31.7 Å². The molecule has 0 bridgehead atoms. The minimum atomic E-state index is -3.22. The summed E-state index contributed by atoms with van der Waals surface area (Å²) in [5.41, 5.74) is 0.494. The van der Waals surface area contributed by atoms with Crippen molar-refractivity contribution in [2.45, 2.75) is 35.4 Å². The third kappa shape index (κ3) is 4.81. The van der Waals surface area contributed by atoms with Crippen LogP contribution in [0.25, 0.3) is 0 Å². The first kappa shape index (κ1) is 16.5. The van der Waals surface area contributed by atoms with E-state index in [9.17, 15) is 13.2 Å². The van der Waals surface area contributed by atoms with Crippen LogP contribution in [0.5, 0.6) is 0 Å². The topological polar surface area (TPSA) is 63.2 Å². The fraction of sp³-hybridized carbons (Fsp3) is 0.533. The van der Waals surface area contributed by atoms with Gasteiger partial charge in [0.15, 0.2) is 9.84 Å². The van der Waals surface area contributed by atoms with Crippen LogP contribution in [0.4, 0.5) is 0 Å². The second kappa shape index (κ2) is 6.92. The van der Waals surface area contributed by atoms with Crippen molar-refractivity contribution in [3.05, 3.63) is 29.8 Å². The molecule has 1 N–H and O–H groups in total. The average molecular weight is 374 g/mol. The van der Waals surface area contributed by atoms with Gasteiger partial charge >= 0.3 is 0 Å². The number of carbonyl (C=O) groups is 1. The summed E-state index contributed by atoms with van der Waals surface area (Å²) in [5.74, 6) is 0.370. The molecule has 0 spiro atoms. The summed E-state index contributed by atoms with van der Waals surface area (Å²) in [6.07, 6.45) is 5.79. The van der Waals surface area contributed by atoms with Gasteiger partial charge in [0, 0.05) is 23.2 Å². The fourth-order valence-corrected chi connectivity index (χ4v) is 4.09. The molecule has 2 rings (SSSR count). The molecule has 1 saturated carbocycles. The molecule has 1 aromatic rings. The highest BCUT2D eigenvalue weighted by atomic mass is 79.9. The predicted molar refractivity (Wildman–Crippen MR) is 86.6 cm³/mol. The first-order valence-corrected chi connectivity index (χ1v) is 9.89. The highest BCUT2D eigenvalue weighted by Gasteiger charge is 2.20. The lowest BCUT2D eigenvalue weighted by molar-refractivity contribution is 0.0944. The Kier molecular flexibility index (Phi) is 5.43. The van der Waals surface area contributed by atoms with Crippen molar-refractivity contribution in [1.82, 2.24) is 5.32 Å². The standard InChI is InChI=1S/C15H20BrNO3S/c1-21(19,20)14-7-5-12(6-8-14)15(18)17-10-11-3-2-4-13(16)9-11/h5-8,11,13H,2-4,9-10H2,1H3,(H,17,18). The van der Waals surface area contributed by atoms with Gasteiger partial charge in [0.05, 0.1) is 4.90 Å². The Hall–Kier alpha value is -0.880. The highest BCUT2D eigenvalue weighted by molar-refractivity contribution is 9.09. The Morgan fingerprint density at radius 2 is 1.95 bits per heavy atom. The third-order valence-electron chi connectivity index (χ3n) is 3.81. The number of sulfone groups is 1. The van der Waals surface area contributed by atoms with Gasteiger partial charge < -0.3 is 5.32 Å². The Labute approximate surface area is 134 Å². The molecule has 4 nitrogen and oxygen atoms in total. The number of hydrogen-bond acceptors (Lipinski definition) is 3. The number of rotatable bonds is 4. The van der Waals surface area contributed by atoms with E-state index >= 15 is 0 Å². The van der Waals surface area contributed by atoms with Gasteiger partial charge in [0.25, 0.3) is 5.91 Å². The minimum Gasteiger partial charge on any atom is -0.352 e. The molecular formula is C15H20BrNO3S. The summed E-state index contributed by atoms with van der Waals surface area (Å²) in [4.78, 5) is 12.8. The van der Waals surface area contributed by atoms with Gasteiger partial charge in [-0.05, 0) is 49.4 Å². The second-order valence-corrected chi connectivity index (χ2v) is 8.95. The van der Waals surface area contributed by atoms with E-state index in [0.717, 1.165) is 19.1 Å². The molecule has 0 radical (unpaired) electrons. The van der Waals surface area contributed by atoms with Crippen LogP contribution in [0, 0.1) is 5.92 Å². The molecule has 0 saturated heterocycles. The van der Waals surface area contributed by atoms with E-state index in [2.05, 4.69) is 21.2 Å². The van der Waals surface area contributed by atoms with Gasteiger partial charge in [-0.1, -0.05) is 22.4 Å². The minimum absolute atomic E-state index is 0.147. The van der Waals surface area contributed by atoms with E-state index in [4.69, 9.17) is 0 Å². The molecule has 21 heavy (non-hydrogen) atoms. The maximum absolute atomic E-state index is 12.1. The predicted octanol–water partition coefficient (Wildman–Crippen LogP) is 2.77. The fourth-order valence-electron chi connectivity index (χ4n) is 2.60. The van der Waals surface area contributed by atoms with Gasteiger partial charge in [0.1, 0.15) is 0 Å². The zero-order valence-electron chi connectivity index (χ0n) is 12.0. The van der Waals surface area contributed by atoms with E-state index < -0.39 is 9.84 Å². The van der Waals surface area contributed by atoms with Crippen molar-refractivity contribution < 1.29 is 13.2 Å². The van der Waals surface area contributed by atoms with Crippen LogP contribution in [0.1, 0.15) is 36.0 Å². The maximum atomic E-state index is 12.1. The Morgan fingerprint density at radius 1 is 1.29 bits per heavy atom. The third-order valence-corrected chi connectivity index (χ3v) is 5.77. The highest BCUT2D eigenvalue weighted by Crippen LogP contribution is 2.28. The average Bonchev–Trinajstić information content (AvgIpc) is 2.44. The summed E-state index contributed by atoms with van der Waals surface area (Å²) in [7, 11) is -3.22. The number of amides is 1. The van der Waals surface area contributed by atoms with Crippen LogP contribution >= 0.6 is 15.9 Å². The molecule has 0 aromatic heterocycles. The summed E-state index contributed by atoms with van der Waals surface area (Å²) in [5, 5.41) is 2.94. The monoisotopic (exact) mass is 373 g/mol. The Bertz CT molecular complexity index is 598.